The smallest absolute Gasteiger partial charge is 0.166 e. The first-order valence-corrected chi connectivity index (χ1v) is 13.2. The number of rotatable bonds is 6. The third kappa shape index (κ3) is 3.26. The zero-order valence-electron chi connectivity index (χ0n) is 20.5. The number of ether oxygens (including phenoxy) is 1. The van der Waals surface area contributed by atoms with E-state index in [0.29, 0.717) is 43.7 Å². The number of nitrogens with zero attached hydrogens (tertiary/aromatic N) is 1. The molecule has 3 fully saturated rings. The van der Waals surface area contributed by atoms with E-state index in [1.165, 1.54) is 32.1 Å². The Morgan fingerprint density at radius 3 is 2.79 bits per heavy atom. The lowest BCUT2D eigenvalue weighted by Crippen LogP contribution is -2.74. The van der Waals surface area contributed by atoms with Crippen molar-refractivity contribution in [3.63, 3.8) is 0 Å². The van der Waals surface area contributed by atoms with Crippen LogP contribution in [0.25, 0.3) is 0 Å². The first-order valence-electron chi connectivity index (χ1n) is 13.2. The predicted molar refractivity (Wildman–Crippen MR) is 129 cm³/mol. The van der Waals surface area contributed by atoms with Crippen LogP contribution in [0.15, 0.2) is 23.8 Å². The van der Waals surface area contributed by atoms with Crippen LogP contribution in [0.3, 0.4) is 0 Å². The van der Waals surface area contributed by atoms with Gasteiger partial charge in [0.1, 0.15) is 11.4 Å². The molecule has 6 rings (SSSR count). The van der Waals surface area contributed by atoms with Gasteiger partial charge in [0.15, 0.2) is 5.78 Å². The summed E-state index contributed by atoms with van der Waals surface area (Å²) < 4.78 is 22.0. The van der Waals surface area contributed by atoms with Gasteiger partial charge in [0.2, 0.25) is 0 Å². The molecule has 178 valence electrons. The van der Waals surface area contributed by atoms with Gasteiger partial charge in [0.25, 0.3) is 0 Å². The maximum absolute atomic E-state index is 16.4. The number of likely N-dealkylation sites (tertiary alicyclic amines) is 1. The van der Waals surface area contributed by atoms with E-state index in [-0.39, 0.29) is 17.1 Å². The van der Waals surface area contributed by atoms with Crippen molar-refractivity contribution in [2.45, 2.75) is 95.8 Å². The van der Waals surface area contributed by atoms with E-state index in [2.05, 4.69) is 30.9 Å². The molecular formula is C29H38FNO2. The van der Waals surface area contributed by atoms with E-state index < -0.39 is 5.67 Å². The average molecular weight is 452 g/mol. The second kappa shape index (κ2) is 7.66. The Morgan fingerprint density at radius 1 is 1.24 bits per heavy atom. The number of halogens is 1. The second-order valence-corrected chi connectivity index (χ2v) is 11.8. The van der Waals surface area contributed by atoms with E-state index in [0.717, 1.165) is 35.4 Å². The van der Waals surface area contributed by atoms with Crippen molar-refractivity contribution in [1.29, 1.82) is 0 Å². The van der Waals surface area contributed by atoms with Gasteiger partial charge in [-0.15, -0.1) is 0 Å². The maximum Gasteiger partial charge on any atom is 0.166 e. The molecule has 1 aromatic rings. The highest BCUT2D eigenvalue weighted by Gasteiger charge is 2.72. The van der Waals surface area contributed by atoms with Crippen LogP contribution in [0, 0.1) is 17.3 Å². The fourth-order valence-electron chi connectivity index (χ4n) is 8.33. The molecule has 33 heavy (non-hydrogen) atoms. The van der Waals surface area contributed by atoms with Crippen LogP contribution < -0.4 is 4.74 Å². The molecule has 1 saturated heterocycles. The summed E-state index contributed by atoms with van der Waals surface area (Å²) in [6, 6.07) is 4.98. The molecule has 1 spiro atoms. The Morgan fingerprint density at radius 2 is 2.09 bits per heavy atom. The normalized spacial score (nSPS) is 39.3. The molecular weight excluding hydrogens is 413 g/mol. The zero-order chi connectivity index (χ0) is 23.0. The zero-order valence-corrected chi connectivity index (χ0v) is 20.5. The largest absolute Gasteiger partial charge is 0.496 e. The lowest BCUT2D eigenvalue weighted by molar-refractivity contribution is -0.184. The number of Topliss-reactive ketones (excluding diaryl/α,β-unsaturated/α-hetero) is 1. The van der Waals surface area contributed by atoms with Crippen LogP contribution in [-0.4, -0.2) is 42.1 Å². The minimum atomic E-state index is -1.20. The molecule has 3 nitrogen and oxygen atoms in total. The quantitative estimate of drug-likeness (QED) is 0.491. The van der Waals surface area contributed by atoms with Crippen molar-refractivity contribution in [2.75, 3.05) is 13.7 Å². The molecule has 5 aliphatic rings. The number of benzene rings is 1. The van der Waals surface area contributed by atoms with Crippen LogP contribution in [0.5, 0.6) is 5.75 Å². The molecule has 4 heteroatoms. The number of hydrogen-bond acceptors (Lipinski definition) is 3. The highest BCUT2D eigenvalue weighted by atomic mass is 19.1. The van der Waals surface area contributed by atoms with Crippen LogP contribution >= 0.6 is 0 Å². The number of allylic oxidation sites excluding steroid dienone is 1. The van der Waals surface area contributed by atoms with Gasteiger partial charge in [0.05, 0.1) is 7.11 Å². The maximum atomic E-state index is 16.4. The summed E-state index contributed by atoms with van der Waals surface area (Å²) >= 11 is 0. The highest BCUT2D eigenvalue weighted by molar-refractivity contribution is 6.02. The Labute approximate surface area is 197 Å². The first kappa shape index (κ1) is 21.8. The number of piperidine rings is 1. The van der Waals surface area contributed by atoms with Gasteiger partial charge in [-0.2, -0.15) is 0 Å². The monoisotopic (exact) mass is 451 g/mol. The van der Waals surface area contributed by atoms with Gasteiger partial charge in [-0.05, 0) is 87.3 Å². The molecule has 0 aromatic heterocycles. The average Bonchev–Trinajstić information content (AvgIpc) is 3.25. The van der Waals surface area contributed by atoms with E-state index in [9.17, 15) is 4.79 Å². The van der Waals surface area contributed by atoms with E-state index in [1.807, 2.05) is 6.07 Å². The molecule has 2 saturated carbocycles. The number of methoxy groups -OCH3 is 1. The van der Waals surface area contributed by atoms with Crippen molar-refractivity contribution in [1.82, 2.24) is 4.90 Å². The van der Waals surface area contributed by atoms with E-state index in [1.54, 1.807) is 12.7 Å². The van der Waals surface area contributed by atoms with Crippen LogP contribution in [0.4, 0.5) is 4.39 Å². The number of fused-ring (bicyclic) bond motifs is 1. The third-order valence-corrected chi connectivity index (χ3v) is 9.88. The fourth-order valence-corrected chi connectivity index (χ4v) is 8.33. The topological polar surface area (TPSA) is 29.5 Å². The summed E-state index contributed by atoms with van der Waals surface area (Å²) in [5.74, 6) is 1.39. The number of hydrogen-bond donors (Lipinski definition) is 0. The van der Waals surface area contributed by atoms with Crippen LogP contribution in [0.1, 0.15) is 86.7 Å². The van der Waals surface area contributed by atoms with Crippen molar-refractivity contribution in [2.24, 2.45) is 17.3 Å². The molecule has 6 atom stereocenters. The van der Waals surface area contributed by atoms with Gasteiger partial charge >= 0.3 is 0 Å². The summed E-state index contributed by atoms with van der Waals surface area (Å²) in [6.45, 7) is 5.47. The van der Waals surface area contributed by atoms with Gasteiger partial charge < -0.3 is 4.74 Å². The van der Waals surface area contributed by atoms with Gasteiger partial charge in [-0.25, -0.2) is 4.39 Å². The Kier molecular flexibility index (Phi) is 5.07. The fraction of sp³-hybridized carbons (Fsp3) is 0.690. The molecule has 1 aromatic carbocycles. The molecule has 0 radical (unpaired) electrons. The molecule has 0 N–H and O–H groups in total. The summed E-state index contributed by atoms with van der Waals surface area (Å²) in [6.07, 6.45) is 11.9. The second-order valence-electron chi connectivity index (χ2n) is 11.8. The van der Waals surface area contributed by atoms with Crippen molar-refractivity contribution in [3.05, 3.63) is 40.5 Å². The SMILES string of the molecule is CCc1cc2c(cc1OC)C(=O)C(CC1(F)CC3N(CC4=CC(C)CCC4)C4CCC43C1)C2. The van der Waals surface area contributed by atoms with Crippen molar-refractivity contribution < 1.29 is 13.9 Å². The summed E-state index contributed by atoms with van der Waals surface area (Å²) in [5.41, 5.74) is 3.56. The minimum Gasteiger partial charge on any atom is -0.496 e. The van der Waals surface area contributed by atoms with Crippen molar-refractivity contribution >= 4 is 5.78 Å². The molecule has 6 unspecified atom stereocenters. The number of carbonyl (C=O) groups excluding carboxylic acids is 1. The highest BCUT2D eigenvalue weighted by Crippen LogP contribution is 2.69. The molecule has 0 bridgehead atoms. The van der Waals surface area contributed by atoms with Gasteiger partial charge in [0, 0.05) is 35.5 Å². The van der Waals surface area contributed by atoms with Crippen LogP contribution in [0.2, 0.25) is 0 Å². The lowest BCUT2D eigenvalue weighted by atomic mass is 9.53. The van der Waals surface area contributed by atoms with Gasteiger partial charge in [-0.1, -0.05) is 31.6 Å². The Balaban J connectivity index is 1.17. The molecule has 0 amide bonds. The number of alkyl halides is 1. The Hall–Kier alpha value is -1.68. The predicted octanol–water partition coefficient (Wildman–Crippen LogP) is 6.08. The van der Waals surface area contributed by atoms with Gasteiger partial charge in [-0.3, -0.25) is 9.69 Å². The Bertz CT molecular complexity index is 1020. The van der Waals surface area contributed by atoms with E-state index >= 15 is 4.39 Å². The molecule has 4 aliphatic carbocycles. The summed E-state index contributed by atoms with van der Waals surface area (Å²) in [4.78, 5) is 15.9. The summed E-state index contributed by atoms with van der Waals surface area (Å²) in [7, 11) is 1.66. The van der Waals surface area contributed by atoms with Crippen LogP contribution in [-0.2, 0) is 12.8 Å². The third-order valence-electron chi connectivity index (χ3n) is 9.88. The van der Waals surface area contributed by atoms with E-state index in [4.69, 9.17) is 4.74 Å². The number of carbonyl (C=O) groups is 1. The standard InChI is InChI=1S/C29H38FNO2/c1-4-20-11-21-12-22(27(32)23(21)13-24(20)33-3)14-28(30)15-26-29(17-28)9-8-25(29)31(26)16-19-7-5-6-18(2)10-19/h10-11,13,18,22,25-26H,4-9,12,14-17H2,1-3H3. The first-order chi connectivity index (χ1) is 15.9. The summed E-state index contributed by atoms with van der Waals surface area (Å²) in [5, 5.41) is 0. The lowest BCUT2D eigenvalue weighted by Gasteiger charge is -2.68. The number of ketones is 1. The molecule has 1 aliphatic heterocycles. The number of aryl methyl sites for hydroxylation is 1. The van der Waals surface area contributed by atoms with Crippen molar-refractivity contribution in [3.8, 4) is 5.75 Å². The minimum absolute atomic E-state index is 0.128. The molecule has 1 heterocycles.